The van der Waals surface area contributed by atoms with Crippen LogP contribution in [0.2, 0.25) is 0 Å². The number of hydrogen-bond acceptors (Lipinski definition) is 6. The molecule has 1 fully saturated rings. The lowest BCUT2D eigenvalue weighted by Crippen LogP contribution is -2.27. The van der Waals surface area contributed by atoms with Gasteiger partial charge in [0.25, 0.3) is 16.8 Å². The first-order valence-electron chi connectivity index (χ1n) is 8.59. The van der Waals surface area contributed by atoms with Crippen LogP contribution in [-0.4, -0.2) is 27.1 Å². The molecule has 0 spiro atoms. The van der Waals surface area contributed by atoms with E-state index in [-0.39, 0.29) is 18.3 Å². The van der Waals surface area contributed by atoms with Gasteiger partial charge in [0, 0.05) is 12.1 Å². The molecule has 1 aliphatic heterocycles. The molecular weight excluding hydrogens is 380 g/mol. The number of non-ortho nitro benzene ring substituents is 1. The van der Waals surface area contributed by atoms with E-state index in [2.05, 4.69) is 0 Å². The Morgan fingerprint density at radius 2 is 1.89 bits per heavy atom. The van der Waals surface area contributed by atoms with Crippen molar-refractivity contribution >= 4 is 34.7 Å². The molecule has 144 valence electrons. The number of carbonyl (C=O) groups excluding carboxylic acids is 2. The van der Waals surface area contributed by atoms with Crippen LogP contribution in [0.3, 0.4) is 0 Å². The minimum atomic E-state index is -0.510. The number of hydrogen-bond donors (Lipinski definition) is 0. The first kappa shape index (κ1) is 19.6. The Morgan fingerprint density at radius 3 is 2.54 bits per heavy atom. The molecule has 0 radical (unpaired) electrons. The quantitative estimate of drug-likeness (QED) is 0.401. The minimum absolute atomic E-state index is 0.00907. The maximum absolute atomic E-state index is 12.6. The fourth-order valence-corrected chi connectivity index (χ4v) is 3.49. The zero-order valence-electron chi connectivity index (χ0n) is 15.3. The van der Waals surface area contributed by atoms with Crippen LogP contribution in [0, 0.1) is 10.1 Å². The number of nitrogens with zero attached hydrogens (tertiary/aromatic N) is 2. The van der Waals surface area contributed by atoms with E-state index in [4.69, 9.17) is 4.74 Å². The predicted molar refractivity (Wildman–Crippen MR) is 107 cm³/mol. The Bertz CT molecular complexity index is 953. The molecule has 3 rings (SSSR count). The fourth-order valence-electron chi connectivity index (χ4n) is 2.65. The Kier molecular flexibility index (Phi) is 5.79. The van der Waals surface area contributed by atoms with Gasteiger partial charge in [-0.15, -0.1) is 0 Å². The van der Waals surface area contributed by atoms with Crippen LogP contribution in [0.1, 0.15) is 25.0 Å². The van der Waals surface area contributed by atoms with E-state index in [1.807, 2.05) is 26.0 Å². The maximum Gasteiger partial charge on any atom is 0.293 e. The van der Waals surface area contributed by atoms with Crippen molar-refractivity contribution in [2.24, 2.45) is 0 Å². The molecule has 7 nitrogen and oxygen atoms in total. The molecule has 1 aliphatic rings. The highest BCUT2D eigenvalue weighted by Gasteiger charge is 2.35. The SMILES string of the molecule is CC(C)Oc1ccc(/C=C2\SC(=O)N(Cc3cccc([N+](=O)[O-])c3)C2=O)cc1. The molecule has 0 saturated carbocycles. The molecule has 1 saturated heterocycles. The Hall–Kier alpha value is -3.13. The minimum Gasteiger partial charge on any atom is -0.491 e. The van der Waals surface area contributed by atoms with E-state index in [0.717, 1.165) is 28.0 Å². The normalized spacial score (nSPS) is 15.5. The summed E-state index contributed by atoms with van der Waals surface area (Å²) in [7, 11) is 0. The third-order valence-corrected chi connectivity index (χ3v) is 4.79. The van der Waals surface area contributed by atoms with Crippen molar-refractivity contribution in [1.82, 2.24) is 4.90 Å². The molecule has 2 amide bonds. The van der Waals surface area contributed by atoms with Crippen molar-refractivity contribution in [3.8, 4) is 5.75 Å². The molecular formula is C20H18N2O5S. The van der Waals surface area contributed by atoms with E-state index in [0.29, 0.717) is 10.5 Å². The molecule has 28 heavy (non-hydrogen) atoms. The van der Waals surface area contributed by atoms with Crippen LogP contribution >= 0.6 is 11.8 Å². The average Bonchev–Trinajstić information content (AvgIpc) is 2.90. The number of nitro benzene ring substituents is 1. The molecule has 0 bridgehead atoms. The van der Waals surface area contributed by atoms with Gasteiger partial charge in [0.2, 0.25) is 0 Å². The summed E-state index contributed by atoms with van der Waals surface area (Å²) < 4.78 is 5.58. The van der Waals surface area contributed by atoms with Gasteiger partial charge >= 0.3 is 0 Å². The first-order valence-corrected chi connectivity index (χ1v) is 9.40. The second-order valence-electron chi connectivity index (χ2n) is 6.43. The second-order valence-corrected chi connectivity index (χ2v) is 7.42. The highest BCUT2D eigenvalue weighted by molar-refractivity contribution is 8.18. The van der Waals surface area contributed by atoms with Gasteiger partial charge in [-0.05, 0) is 54.9 Å². The zero-order chi connectivity index (χ0) is 20.3. The predicted octanol–water partition coefficient (Wildman–Crippen LogP) is 4.62. The number of nitro groups is 1. The van der Waals surface area contributed by atoms with E-state index in [1.165, 1.54) is 18.2 Å². The summed E-state index contributed by atoms with van der Waals surface area (Å²) in [6.45, 7) is 3.86. The number of benzene rings is 2. The summed E-state index contributed by atoms with van der Waals surface area (Å²) in [6.07, 6.45) is 1.72. The summed E-state index contributed by atoms with van der Waals surface area (Å²) >= 11 is 0.855. The zero-order valence-corrected chi connectivity index (χ0v) is 16.1. The van der Waals surface area contributed by atoms with Crippen LogP contribution in [0.4, 0.5) is 10.5 Å². The van der Waals surface area contributed by atoms with Crippen molar-refractivity contribution in [1.29, 1.82) is 0 Å². The van der Waals surface area contributed by atoms with Crippen molar-refractivity contribution in [3.05, 3.63) is 74.7 Å². The monoisotopic (exact) mass is 398 g/mol. The number of imide groups is 1. The average molecular weight is 398 g/mol. The van der Waals surface area contributed by atoms with Crippen molar-refractivity contribution in [3.63, 3.8) is 0 Å². The summed E-state index contributed by atoms with van der Waals surface area (Å²) in [5.41, 5.74) is 1.22. The molecule has 8 heteroatoms. The molecule has 1 heterocycles. The molecule has 0 aliphatic carbocycles. The largest absolute Gasteiger partial charge is 0.491 e. The lowest BCUT2D eigenvalue weighted by Gasteiger charge is -2.12. The molecule has 0 aromatic heterocycles. The summed E-state index contributed by atoms with van der Waals surface area (Å²) in [4.78, 5) is 36.7. The van der Waals surface area contributed by atoms with Gasteiger partial charge in [-0.3, -0.25) is 24.6 Å². The number of ether oxygens (including phenoxy) is 1. The lowest BCUT2D eigenvalue weighted by atomic mass is 10.2. The van der Waals surface area contributed by atoms with Gasteiger partial charge < -0.3 is 4.74 Å². The molecule has 0 atom stereocenters. The van der Waals surface area contributed by atoms with Crippen molar-refractivity contribution in [2.75, 3.05) is 0 Å². The molecule has 0 unspecified atom stereocenters. The van der Waals surface area contributed by atoms with E-state index in [9.17, 15) is 19.7 Å². The number of amides is 2. The van der Waals surface area contributed by atoms with Gasteiger partial charge in [-0.2, -0.15) is 0 Å². The van der Waals surface area contributed by atoms with Gasteiger partial charge in [-0.1, -0.05) is 24.3 Å². The van der Waals surface area contributed by atoms with Gasteiger partial charge in [0.15, 0.2) is 0 Å². The van der Waals surface area contributed by atoms with Gasteiger partial charge in [0.1, 0.15) is 5.75 Å². The molecule has 2 aromatic carbocycles. The Balaban J connectivity index is 1.75. The van der Waals surface area contributed by atoms with Gasteiger partial charge in [-0.25, -0.2) is 0 Å². The van der Waals surface area contributed by atoms with Gasteiger partial charge in [0.05, 0.1) is 22.5 Å². The Morgan fingerprint density at radius 1 is 1.18 bits per heavy atom. The summed E-state index contributed by atoms with van der Waals surface area (Å²) in [5, 5.41) is 10.5. The number of thioether (sulfide) groups is 1. The summed E-state index contributed by atoms with van der Waals surface area (Å²) in [5.74, 6) is 0.315. The summed E-state index contributed by atoms with van der Waals surface area (Å²) in [6, 6.07) is 13.1. The lowest BCUT2D eigenvalue weighted by molar-refractivity contribution is -0.384. The van der Waals surface area contributed by atoms with E-state index in [1.54, 1.807) is 24.3 Å². The van der Waals surface area contributed by atoms with Crippen molar-refractivity contribution in [2.45, 2.75) is 26.5 Å². The van der Waals surface area contributed by atoms with E-state index < -0.39 is 16.1 Å². The second kappa shape index (κ2) is 8.26. The Labute approximate surface area is 166 Å². The number of rotatable bonds is 6. The fraction of sp³-hybridized carbons (Fsp3) is 0.200. The highest BCUT2D eigenvalue weighted by atomic mass is 32.2. The van der Waals surface area contributed by atoms with Crippen LogP contribution in [-0.2, 0) is 11.3 Å². The van der Waals surface area contributed by atoms with E-state index >= 15 is 0 Å². The smallest absolute Gasteiger partial charge is 0.293 e. The van der Waals surface area contributed by atoms with Crippen LogP contribution in [0.25, 0.3) is 6.08 Å². The van der Waals surface area contributed by atoms with Crippen LogP contribution in [0.15, 0.2) is 53.4 Å². The third-order valence-electron chi connectivity index (χ3n) is 3.89. The van der Waals surface area contributed by atoms with Crippen LogP contribution < -0.4 is 4.74 Å². The highest BCUT2D eigenvalue weighted by Crippen LogP contribution is 2.33. The first-order chi connectivity index (χ1) is 13.3. The maximum atomic E-state index is 12.6. The number of carbonyl (C=O) groups is 2. The standard InChI is InChI=1S/C20H18N2O5S/c1-13(2)27-17-8-6-14(7-9-17)11-18-19(23)21(20(24)28-18)12-15-4-3-5-16(10-15)22(25)26/h3-11,13H,12H2,1-2H3/b18-11-. The molecule has 2 aromatic rings. The third kappa shape index (κ3) is 4.58. The van der Waals surface area contributed by atoms with Crippen LogP contribution in [0.5, 0.6) is 5.75 Å². The topological polar surface area (TPSA) is 89.8 Å². The molecule has 0 N–H and O–H groups in total. The van der Waals surface area contributed by atoms with Crippen molar-refractivity contribution < 1.29 is 19.2 Å².